The summed E-state index contributed by atoms with van der Waals surface area (Å²) in [6.45, 7) is 7.18. The van der Waals surface area contributed by atoms with Crippen LogP contribution in [0.25, 0.3) is 0 Å². The Kier molecular flexibility index (Phi) is 6.27. The molecule has 0 spiro atoms. The molecular weight excluding hydrogens is 376 g/mol. The fourth-order valence-electron chi connectivity index (χ4n) is 3.42. The third kappa shape index (κ3) is 4.79. The zero-order chi connectivity index (χ0) is 21.1. The second-order valence-electron chi connectivity index (χ2n) is 7.37. The molecule has 0 aliphatic carbocycles. The predicted molar refractivity (Wildman–Crippen MR) is 109 cm³/mol. The highest BCUT2D eigenvalue weighted by Gasteiger charge is 2.27. The van der Waals surface area contributed by atoms with Gasteiger partial charge in [0.1, 0.15) is 11.6 Å². The second-order valence-corrected chi connectivity index (χ2v) is 7.37. The quantitative estimate of drug-likeness (QED) is 0.778. The molecule has 1 atom stereocenters. The van der Waals surface area contributed by atoms with Crippen LogP contribution in [0.3, 0.4) is 0 Å². The van der Waals surface area contributed by atoms with E-state index in [0.29, 0.717) is 48.7 Å². The number of hydrogen-bond donors (Lipinski definition) is 1. The number of hydrogen-bond acceptors (Lipinski definition) is 4. The van der Waals surface area contributed by atoms with Gasteiger partial charge in [-0.25, -0.2) is 8.78 Å². The number of rotatable bonds is 5. The molecular formula is C22H25F2N3O2. The topological polar surface area (TPSA) is 52.7 Å². The summed E-state index contributed by atoms with van der Waals surface area (Å²) in [5, 5.41) is 2.75. The Morgan fingerprint density at radius 1 is 1.00 bits per heavy atom. The van der Waals surface area contributed by atoms with Crippen LogP contribution in [-0.4, -0.2) is 48.8 Å². The highest BCUT2D eigenvalue weighted by molar-refractivity contribution is 5.95. The molecule has 1 saturated heterocycles. The first-order valence-electron chi connectivity index (χ1n) is 9.63. The van der Waals surface area contributed by atoms with Crippen LogP contribution in [0.2, 0.25) is 0 Å². The summed E-state index contributed by atoms with van der Waals surface area (Å²) in [5.74, 6) is -1.16. The van der Waals surface area contributed by atoms with Crippen molar-refractivity contribution in [3.05, 3.63) is 59.2 Å². The highest BCUT2D eigenvalue weighted by Crippen LogP contribution is 2.23. The van der Waals surface area contributed by atoms with Crippen LogP contribution in [0.4, 0.5) is 20.2 Å². The van der Waals surface area contributed by atoms with E-state index in [9.17, 15) is 18.4 Å². The molecule has 2 aromatic carbocycles. The average Bonchev–Trinajstić information content (AvgIpc) is 2.70. The molecule has 3 rings (SSSR count). The third-order valence-electron chi connectivity index (χ3n) is 5.38. The molecule has 2 aromatic rings. The zero-order valence-electron chi connectivity index (χ0n) is 16.8. The molecule has 1 amide bonds. The highest BCUT2D eigenvalue weighted by atomic mass is 19.1. The molecule has 1 heterocycles. The van der Waals surface area contributed by atoms with Gasteiger partial charge in [0.05, 0.1) is 11.7 Å². The average molecular weight is 401 g/mol. The van der Waals surface area contributed by atoms with Gasteiger partial charge >= 0.3 is 0 Å². The van der Waals surface area contributed by atoms with Gasteiger partial charge in [0.15, 0.2) is 5.78 Å². The lowest BCUT2D eigenvalue weighted by Crippen LogP contribution is -2.53. The summed E-state index contributed by atoms with van der Waals surface area (Å²) in [7, 11) is 0. The number of nitrogens with zero attached hydrogens (tertiary/aromatic N) is 2. The van der Waals surface area contributed by atoms with E-state index >= 15 is 0 Å². The van der Waals surface area contributed by atoms with Gasteiger partial charge in [-0.3, -0.25) is 14.5 Å². The number of nitrogens with one attached hydrogen (secondary N) is 1. The Morgan fingerprint density at radius 2 is 1.69 bits per heavy atom. The summed E-state index contributed by atoms with van der Waals surface area (Å²) in [6, 6.07) is 8.74. The van der Waals surface area contributed by atoms with Gasteiger partial charge in [0, 0.05) is 37.4 Å². The molecule has 1 aliphatic heterocycles. The smallest absolute Gasteiger partial charge is 0.241 e. The van der Waals surface area contributed by atoms with Crippen molar-refractivity contribution < 1.29 is 18.4 Å². The lowest BCUT2D eigenvalue weighted by atomic mass is 10.1. The monoisotopic (exact) mass is 401 g/mol. The lowest BCUT2D eigenvalue weighted by molar-refractivity contribution is -0.120. The van der Waals surface area contributed by atoms with Gasteiger partial charge in [-0.2, -0.15) is 0 Å². The molecule has 1 aliphatic rings. The SMILES string of the molecule is CC(=O)c1ccc(N2CCN(C(C)C(=O)Nc3ccc(C)c(F)c3)CC2)c(F)c1. The fourth-order valence-corrected chi connectivity index (χ4v) is 3.42. The van der Waals surface area contributed by atoms with Crippen LogP contribution in [-0.2, 0) is 4.79 Å². The molecule has 7 heteroatoms. The number of Topliss-reactive ketones (excluding diaryl/α,β-unsaturated/α-hetero) is 1. The molecule has 1 N–H and O–H groups in total. The maximum Gasteiger partial charge on any atom is 0.241 e. The van der Waals surface area contributed by atoms with Crippen LogP contribution in [0.15, 0.2) is 36.4 Å². The summed E-state index contributed by atoms with van der Waals surface area (Å²) in [5.41, 5.74) is 1.76. The minimum absolute atomic E-state index is 0.173. The molecule has 0 aromatic heterocycles. The standard InChI is InChI=1S/C22H25F2N3O2/c1-14-4-6-18(13-19(14)23)25-22(29)15(2)26-8-10-27(11-9-26)21-7-5-17(16(3)28)12-20(21)24/h4-7,12-13,15H,8-11H2,1-3H3,(H,25,29). The fraction of sp³-hybridized carbons (Fsp3) is 0.364. The first-order chi connectivity index (χ1) is 13.8. The van der Waals surface area contributed by atoms with Crippen LogP contribution < -0.4 is 10.2 Å². The number of benzene rings is 2. The molecule has 0 bridgehead atoms. The number of carbonyl (C=O) groups is 2. The Morgan fingerprint density at radius 3 is 2.28 bits per heavy atom. The van der Waals surface area contributed by atoms with Gasteiger partial charge in [-0.05, 0) is 56.7 Å². The first-order valence-corrected chi connectivity index (χ1v) is 9.63. The summed E-state index contributed by atoms with van der Waals surface area (Å²) in [4.78, 5) is 27.8. The number of amides is 1. The Hall–Kier alpha value is -2.80. The Balaban J connectivity index is 1.59. The van der Waals surface area contributed by atoms with Crippen molar-refractivity contribution in [1.82, 2.24) is 4.90 Å². The van der Waals surface area contributed by atoms with E-state index in [4.69, 9.17) is 0 Å². The van der Waals surface area contributed by atoms with E-state index < -0.39 is 11.9 Å². The molecule has 1 fully saturated rings. The van der Waals surface area contributed by atoms with E-state index in [1.807, 2.05) is 9.80 Å². The molecule has 5 nitrogen and oxygen atoms in total. The van der Waals surface area contributed by atoms with Crippen molar-refractivity contribution in [3.8, 4) is 0 Å². The summed E-state index contributed by atoms with van der Waals surface area (Å²) >= 11 is 0. The molecule has 29 heavy (non-hydrogen) atoms. The van der Waals surface area contributed by atoms with E-state index in [-0.39, 0.29) is 17.5 Å². The van der Waals surface area contributed by atoms with Crippen molar-refractivity contribution >= 4 is 23.1 Å². The summed E-state index contributed by atoms with van der Waals surface area (Å²) in [6.07, 6.45) is 0. The van der Waals surface area contributed by atoms with E-state index in [1.54, 1.807) is 38.1 Å². The van der Waals surface area contributed by atoms with Gasteiger partial charge in [-0.15, -0.1) is 0 Å². The Bertz CT molecular complexity index is 924. The van der Waals surface area contributed by atoms with Gasteiger partial charge < -0.3 is 10.2 Å². The third-order valence-corrected chi connectivity index (χ3v) is 5.38. The van der Waals surface area contributed by atoms with Gasteiger partial charge in [-0.1, -0.05) is 6.07 Å². The van der Waals surface area contributed by atoms with Crippen LogP contribution in [0.1, 0.15) is 29.8 Å². The van der Waals surface area contributed by atoms with Crippen molar-refractivity contribution in [2.75, 3.05) is 36.4 Å². The number of carbonyl (C=O) groups excluding carboxylic acids is 2. The number of piperazine rings is 1. The number of anilines is 2. The van der Waals surface area contributed by atoms with Crippen LogP contribution in [0, 0.1) is 18.6 Å². The van der Waals surface area contributed by atoms with Gasteiger partial charge in [0.2, 0.25) is 5.91 Å². The second kappa shape index (κ2) is 8.69. The van der Waals surface area contributed by atoms with E-state index in [2.05, 4.69) is 5.32 Å². The van der Waals surface area contributed by atoms with Crippen molar-refractivity contribution in [2.24, 2.45) is 0 Å². The van der Waals surface area contributed by atoms with Crippen LogP contribution in [0.5, 0.6) is 0 Å². The molecule has 0 radical (unpaired) electrons. The molecule has 154 valence electrons. The predicted octanol–water partition coefficient (Wildman–Crippen LogP) is 3.63. The zero-order valence-corrected chi connectivity index (χ0v) is 16.8. The normalized spacial score (nSPS) is 15.8. The minimum atomic E-state index is -0.418. The molecule has 1 unspecified atom stereocenters. The van der Waals surface area contributed by atoms with E-state index in [0.717, 1.165) is 0 Å². The maximum atomic E-state index is 14.4. The van der Waals surface area contributed by atoms with Crippen molar-refractivity contribution in [3.63, 3.8) is 0 Å². The minimum Gasteiger partial charge on any atom is -0.367 e. The Labute approximate surface area is 169 Å². The lowest BCUT2D eigenvalue weighted by Gasteiger charge is -2.38. The largest absolute Gasteiger partial charge is 0.367 e. The first kappa shape index (κ1) is 20.9. The number of aryl methyl sites for hydroxylation is 1. The van der Waals surface area contributed by atoms with Crippen molar-refractivity contribution in [2.45, 2.75) is 26.8 Å². The van der Waals surface area contributed by atoms with E-state index in [1.165, 1.54) is 19.1 Å². The number of ketones is 1. The summed E-state index contributed by atoms with van der Waals surface area (Å²) < 4.78 is 28.1. The van der Waals surface area contributed by atoms with Crippen molar-refractivity contribution in [1.29, 1.82) is 0 Å². The van der Waals surface area contributed by atoms with Crippen LogP contribution >= 0.6 is 0 Å². The molecule has 0 saturated carbocycles. The maximum absolute atomic E-state index is 14.4. The number of halogens is 2. The van der Waals surface area contributed by atoms with Gasteiger partial charge in [0.25, 0.3) is 0 Å².